The zero-order chi connectivity index (χ0) is 14.7. The number of amides is 2. The van der Waals surface area contributed by atoms with Gasteiger partial charge in [0.25, 0.3) is 0 Å². The number of nitrogens with zero attached hydrogens (tertiary/aromatic N) is 2. The van der Waals surface area contributed by atoms with Gasteiger partial charge in [0.1, 0.15) is 6.33 Å². The molecule has 1 aromatic heterocycles. The van der Waals surface area contributed by atoms with Gasteiger partial charge >= 0.3 is 18.2 Å². The van der Waals surface area contributed by atoms with Crippen LogP contribution >= 0.6 is 0 Å². The fourth-order valence-corrected chi connectivity index (χ4v) is 0.999. The SMILES string of the molecule is CC(NC(=O)Nc1cncnc1)(C(=O)O)C(F)(F)F. The van der Waals surface area contributed by atoms with Gasteiger partial charge in [-0.1, -0.05) is 0 Å². The van der Waals surface area contributed by atoms with Gasteiger partial charge < -0.3 is 15.7 Å². The van der Waals surface area contributed by atoms with Crippen molar-refractivity contribution in [2.75, 3.05) is 5.32 Å². The third-order valence-electron chi connectivity index (χ3n) is 2.18. The Morgan fingerprint density at radius 1 is 1.26 bits per heavy atom. The summed E-state index contributed by atoms with van der Waals surface area (Å²) in [5, 5.41) is 11.9. The third-order valence-corrected chi connectivity index (χ3v) is 2.18. The molecule has 104 valence electrons. The molecule has 3 N–H and O–H groups in total. The summed E-state index contributed by atoms with van der Waals surface area (Å²) in [6, 6.07) is -1.34. The Morgan fingerprint density at radius 3 is 2.21 bits per heavy atom. The molecule has 0 bridgehead atoms. The molecule has 0 aliphatic heterocycles. The first kappa shape index (κ1) is 14.7. The minimum atomic E-state index is -5.15. The molecule has 0 saturated heterocycles. The van der Waals surface area contributed by atoms with Gasteiger partial charge in [-0.3, -0.25) is 0 Å². The molecule has 10 heteroatoms. The van der Waals surface area contributed by atoms with Crippen molar-refractivity contribution in [1.29, 1.82) is 0 Å². The Labute approximate surface area is 104 Å². The van der Waals surface area contributed by atoms with E-state index in [1.54, 1.807) is 0 Å². The van der Waals surface area contributed by atoms with Crippen LogP contribution in [0.4, 0.5) is 23.7 Å². The minimum Gasteiger partial charge on any atom is -0.479 e. The van der Waals surface area contributed by atoms with Gasteiger partial charge in [0, 0.05) is 0 Å². The lowest BCUT2D eigenvalue weighted by atomic mass is 10.0. The van der Waals surface area contributed by atoms with Crippen LogP contribution in [0, 0.1) is 0 Å². The number of urea groups is 1. The molecule has 0 saturated carbocycles. The number of hydrogen-bond donors (Lipinski definition) is 3. The van der Waals surface area contributed by atoms with E-state index in [0.717, 1.165) is 18.7 Å². The summed E-state index contributed by atoms with van der Waals surface area (Å²) in [6.45, 7) is 0.344. The Kier molecular flexibility index (Phi) is 3.92. The maximum atomic E-state index is 12.6. The van der Waals surface area contributed by atoms with E-state index in [2.05, 4.69) is 9.97 Å². The number of aromatic nitrogens is 2. The number of carbonyl (C=O) groups is 2. The number of carboxylic acids is 1. The fourth-order valence-electron chi connectivity index (χ4n) is 0.999. The van der Waals surface area contributed by atoms with Crippen LogP contribution in [0.3, 0.4) is 0 Å². The molecular weight excluding hydrogens is 269 g/mol. The summed E-state index contributed by atoms with van der Waals surface area (Å²) >= 11 is 0. The summed E-state index contributed by atoms with van der Waals surface area (Å²) < 4.78 is 37.8. The second kappa shape index (κ2) is 5.08. The van der Waals surface area contributed by atoms with Gasteiger partial charge in [-0.05, 0) is 6.92 Å². The van der Waals surface area contributed by atoms with Crippen molar-refractivity contribution in [3.63, 3.8) is 0 Å². The predicted octanol–water partition coefficient (Wildman–Crippen LogP) is 1.00. The van der Waals surface area contributed by atoms with Crippen LogP contribution in [0.5, 0.6) is 0 Å². The number of rotatable bonds is 3. The first-order valence-corrected chi connectivity index (χ1v) is 4.81. The van der Waals surface area contributed by atoms with E-state index >= 15 is 0 Å². The van der Waals surface area contributed by atoms with E-state index in [9.17, 15) is 22.8 Å². The topological polar surface area (TPSA) is 104 Å². The maximum absolute atomic E-state index is 12.6. The van der Waals surface area contributed by atoms with Crippen molar-refractivity contribution in [2.45, 2.75) is 18.6 Å². The lowest BCUT2D eigenvalue weighted by Crippen LogP contribution is -2.62. The smallest absolute Gasteiger partial charge is 0.422 e. The predicted molar refractivity (Wildman–Crippen MR) is 56.3 cm³/mol. The average Bonchev–Trinajstić information content (AvgIpc) is 2.28. The lowest BCUT2D eigenvalue weighted by molar-refractivity contribution is -0.203. The number of anilines is 1. The molecular formula is C9H9F3N4O3. The highest BCUT2D eigenvalue weighted by Crippen LogP contribution is 2.30. The average molecular weight is 278 g/mol. The van der Waals surface area contributed by atoms with Crippen molar-refractivity contribution in [2.24, 2.45) is 0 Å². The van der Waals surface area contributed by atoms with E-state index in [1.807, 2.05) is 5.32 Å². The van der Waals surface area contributed by atoms with Crippen LogP contribution in [-0.2, 0) is 4.79 Å². The lowest BCUT2D eigenvalue weighted by Gasteiger charge is -2.28. The van der Waals surface area contributed by atoms with Gasteiger partial charge in [0.15, 0.2) is 0 Å². The van der Waals surface area contributed by atoms with Gasteiger partial charge in [0.2, 0.25) is 5.54 Å². The van der Waals surface area contributed by atoms with Crippen LogP contribution < -0.4 is 10.6 Å². The number of carbonyl (C=O) groups excluding carboxylic acids is 1. The quantitative estimate of drug-likeness (QED) is 0.765. The highest BCUT2D eigenvalue weighted by atomic mass is 19.4. The van der Waals surface area contributed by atoms with Crippen LogP contribution in [-0.4, -0.2) is 38.8 Å². The standard InChI is InChI=1S/C9H9F3N4O3/c1-8(6(17)18,9(10,11)12)16-7(19)15-5-2-13-4-14-3-5/h2-4H,1H3,(H,17,18)(H2,15,16,19). The molecule has 0 aliphatic carbocycles. The first-order chi connectivity index (χ1) is 8.67. The number of alkyl halides is 3. The molecule has 0 aliphatic rings. The molecule has 19 heavy (non-hydrogen) atoms. The Bertz CT molecular complexity index is 479. The second-order valence-corrected chi connectivity index (χ2v) is 3.63. The summed E-state index contributed by atoms with van der Waals surface area (Å²) in [6.07, 6.45) is -1.72. The van der Waals surface area contributed by atoms with Crippen LogP contribution in [0.25, 0.3) is 0 Å². The van der Waals surface area contributed by atoms with E-state index < -0.39 is 23.7 Å². The first-order valence-electron chi connectivity index (χ1n) is 4.81. The van der Waals surface area contributed by atoms with E-state index in [4.69, 9.17) is 5.11 Å². The molecule has 1 atom stereocenters. The van der Waals surface area contributed by atoms with Crippen molar-refractivity contribution in [3.8, 4) is 0 Å². The zero-order valence-corrected chi connectivity index (χ0v) is 9.52. The van der Waals surface area contributed by atoms with Crippen LogP contribution in [0.1, 0.15) is 6.92 Å². The number of halogens is 3. The Morgan fingerprint density at radius 2 is 1.79 bits per heavy atom. The summed E-state index contributed by atoms with van der Waals surface area (Å²) in [4.78, 5) is 29.1. The van der Waals surface area contributed by atoms with Gasteiger partial charge in [-0.2, -0.15) is 13.2 Å². The van der Waals surface area contributed by atoms with Gasteiger partial charge in [-0.25, -0.2) is 19.6 Å². The van der Waals surface area contributed by atoms with Gasteiger partial charge in [0.05, 0.1) is 18.1 Å². The molecule has 0 spiro atoms. The van der Waals surface area contributed by atoms with Crippen molar-refractivity contribution >= 4 is 17.7 Å². The molecule has 1 unspecified atom stereocenters. The number of hydrogen-bond acceptors (Lipinski definition) is 4. The highest BCUT2D eigenvalue weighted by molar-refractivity contribution is 5.93. The number of carboxylic acid groups (broad SMARTS) is 1. The minimum absolute atomic E-state index is 0.0231. The summed E-state index contributed by atoms with van der Waals surface area (Å²) in [7, 11) is 0. The monoisotopic (exact) mass is 278 g/mol. The number of nitrogens with one attached hydrogen (secondary N) is 2. The van der Waals surface area contributed by atoms with Crippen molar-refractivity contribution in [3.05, 3.63) is 18.7 Å². The van der Waals surface area contributed by atoms with Crippen LogP contribution in [0.2, 0.25) is 0 Å². The Hall–Kier alpha value is -2.39. The van der Waals surface area contributed by atoms with E-state index in [0.29, 0.717) is 6.92 Å². The zero-order valence-electron chi connectivity index (χ0n) is 9.52. The molecule has 1 rings (SSSR count). The molecule has 2 amide bonds. The summed E-state index contributed by atoms with van der Waals surface area (Å²) in [5.74, 6) is -2.22. The van der Waals surface area contributed by atoms with Crippen LogP contribution in [0.15, 0.2) is 18.7 Å². The molecule has 7 nitrogen and oxygen atoms in total. The normalized spacial score (nSPS) is 14.3. The van der Waals surface area contributed by atoms with Crippen molar-refractivity contribution < 1.29 is 27.9 Å². The van der Waals surface area contributed by atoms with E-state index in [1.165, 1.54) is 5.32 Å². The molecule has 0 radical (unpaired) electrons. The van der Waals surface area contributed by atoms with E-state index in [-0.39, 0.29) is 5.69 Å². The second-order valence-electron chi connectivity index (χ2n) is 3.63. The highest BCUT2D eigenvalue weighted by Gasteiger charge is 2.58. The largest absolute Gasteiger partial charge is 0.479 e. The maximum Gasteiger partial charge on any atom is 0.422 e. The summed E-state index contributed by atoms with van der Waals surface area (Å²) in [5.41, 5.74) is -3.37. The molecule has 0 aromatic carbocycles. The van der Waals surface area contributed by atoms with Gasteiger partial charge in [-0.15, -0.1) is 0 Å². The Balaban J connectivity index is 2.82. The third kappa shape index (κ3) is 3.30. The molecule has 1 heterocycles. The van der Waals surface area contributed by atoms with Crippen molar-refractivity contribution in [1.82, 2.24) is 15.3 Å². The number of aliphatic carboxylic acids is 1. The fraction of sp³-hybridized carbons (Fsp3) is 0.333. The molecule has 0 fully saturated rings. The molecule has 1 aromatic rings.